The van der Waals surface area contributed by atoms with Crippen LogP contribution < -0.4 is 11.1 Å². The van der Waals surface area contributed by atoms with E-state index in [1.54, 1.807) is 18.2 Å². The molecular formula is C19H23N3O4. The molecule has 138 valence electrons. The largest absolute Gasteiger partial charge is 0.449 e. The van der Waals surface area contributed by atoms with Crippen molar-refractivity contribution in [3.8, 4) is 0 Å². The summed E-state index contributed by atoms with van der Waals surface area (Å²) in [6.07, 6.45) is -0.969. The molecule has 7 nitrogen and oxygen atoms in total. The molecule has 0 aliphatic rings. The minimum atomic E-state index is -0.969. The first-order valence-electron chi connectivity index (χ1n) is 8.33. The quantitative estimate of drug-likeness (QED) is 0.775. The summed E-state index contributed by atoms with van der Waals surface area (Å²) in [5.41, 5.74) is 8.22. The van der Waals surface area contributed by atoms with Crippen LogP contribution in [0.3, 0.4) is 0 Å². The average molecular weight is 357 g/mol. The van der Waals surface area contributed by atoms with Crippen molar-refractivity contribution in [3.05, 3.63) is 52.8 Å². The van der Waals surface area contributed by atoms with E-state index in [2.05, 4.69) is 5.32 Å². The maximum Gasteiger partial charge on any atom is 0.340 e. The van der Waals surface area contributed by atoms with Gasteiger partial charge in [-0.15, -0.1) is 0 Å². The topological polar surface area (TPSA) is 103 Å². The smallest absolute Gasteiger partial charge is 0.340 e. The molecule has 0 aliphatic heterocycles. The van der Waals surface area contributed by atoms with Gasteiger partial charge in [-0.2, -0.15) is 0 Å². The molecule has 0 radical (unpaired) electrons. The lowest BCUT2D eigenvalue weighted by atomic mass is 10.2. The average Bonchev–Trinajstić information content (AvgIpc) is 2.89. The molecule has 0 unspecified atom stereocenters. The zero-order valence-electron chi connectivity index (χ0n) is 15.3. The molecule has 2 rings (SSSR count). The van der Waals surface area contributed by atoms with Crippen LogP contribution in [0.5, 0.6) is 0 Å². The van der Waals surface area contributed by atoms with Gasteiger partial charge < -0.3 is 20.4 Å². The van der Waals surface area contributed by atoms with Crippen LogP contribution in [0.25, 0.3) is 0 Å². The zero-order valence-corrected chi connectivity index (χ0v) is 15.3. The maximum absolute atomic E-state index is 12.4. The van der Waals surface area contributed by atoms with E-state index in [-0.39, 0.29) is 0 Å². The number of aryl methyl sites for hydroxylation is 1. The molecule has 0 saturated carbocycles. The van der Waals surface area contributed by atoms with Crippen molar-refractivity contribution in [1.82, 2.24) is 4.57 Å². The second kappa shape index (κ2) is 7.86. The Morgan fingerprint density at radius 1 is 1.19 bits per heavy atom. The van der Waals surface area contributed by atoms with Crippen LogP contribution in [-0.2, 0) is 16.1 Å². The van der Waals surface area contributed by atoms with Crippen molar-refractivity contribution in [2.45, 2.75) is 40.3 Å². The second-order valence-electron chi connectivity index (χ2n) is 6.01. The van der Waals surface area contributed by atoms with Crippen molar-refractivity contribution in [2.24, 2.45) is 5.73 Å². The summed E-state index contributed by atoms with van der Waals surface area (Å²) in [6.45, 7) is 8.01. The lowest BCUT2D eigenvalue weighted by molar-refractivity contribution is -0.123. The van der Waals surface area contributed by atoms with Crippen molar-refractivity contribution in [1.29, 1.82) is 0 Å². The third kappa shape index (κ3) is 4.11. The van der Waals surface area contributed by atoms with Crippen LogP contribution in [0.4, 0.5) is 5.69 Å². The lowest BCUT2D eigenvalue weighted by Crippen LogP contribution is -2.30. The third-order valence-corrected chi connectivity index (χ3v) is 4.20. The number of anilines is 1. The normalized spacial score (nSPS) is 11.7. The van der Waals surface area contributed by atoms with E-state index < -0.39 is 23.9 Å². The van der Waals surface area contributed by atoms with Gasteiger partial charge in [0.1, 0.15) is 0 Å². The molecular weight excluding hydrogens is 334 g/mol. The Morgan fingerprint density at radius 2 is 1.81 bits per heavy atom. The Balaban J connectivity index is 2.02. The highest BCUT2D eigenvalue weighted by molar-refractivity contribution is 5.98. The van der Waals surface area contributed by atoms with Crippen LogP contribution in [0.2, 0.25) is 0 Å². The molecule has 7 heteroatoms. The summed E-state index contributed by atoms with van der Waals surface area (Å²) in [7, 11) is 0. The summed E-state index contributed by atoms with van der Waals surface area (Å²) in [4.78, 5) is 35.6. The van der Waals surface area contributed by atoms with Gasteiger partial charge in [-0.05, 0) is 58.0 Å². The molecule has 1 aromatic carbocycles. The van der Waals surface area contributed by atoms with Gasteiger partial charge in [0.25, 0.3) is 5.91 Å². The summed E-state index contributed by atoms with van der Waals surface area (Å²) in [5, 5.41) is 2.63. The zero-order chi connectivity index (χ0) is 19.4. The van der Waals surface area contributed by atoms with Crippen LogP contribution >= 0.6 is 0 Å². The molecule has 0 fully saturated rings. The molecule has 1 heterocycles. The minimum absolute atomic E-state index is 0.341. The minimum Gasteiger partial charge on any atom is -0.449 e. The standard InChI is InChI=1S/C19H23N3O4/c1-5-22-11(2)10-16(12(22)3)19(25)26-13(4)18(24)21-15-8-6-14(7-9-15)17(20)23/h6-10,13H,5H2,1-4H3,(H2,20,23)(H,21,24)/t13-/m0/s1. The molecule has 2 amide bonds. The molecule has 3 N–H and O–H groups in total. The van der Waals surface area contributed by atoms with Crippen molar-refractivity contribution in [3.63, 3.8) is 0 Å². The van der Waals surface area contributed by atoms with Gasteiger partial charge in [0.05, 0.1) is 5.56 Å². The first kappa shape index (κ1) is 19.2. The van der Waals surface area contributed by atoms with Crippen LogP contribution in [-0.4, -0.2) is 28.5 Å². The number of carbonyl (C=O) groups is 3. The predicted octanol–water partition coefficient (Wildman–Crippen LogP) is 2.41. The number of nitrogens with zero attached hydrogens (tertiary/aromatic N) is 1. The Morgan fingerprint density at radius 3 is 2.31 bits per heavy atom. The van der Waals surface area contributed by atoms with E-state index in [1.807, 2.05) is 25.3 Å². The number of hydrogen-bond donors (Lipinski definition) is 2. The van der Waals surface area contributed by atoms with E-state index in [0.717, 1.165) is 17.9 Å². The summed E-state index contributed by atoms with van der Waals surface area (Å²) >= 11 is 0. The van der Waals surface area contributed by atoms with Gasteiger partial charge in [0, 0.05) is 29.2 Å². The molecule has 0 spiro atoms. The number of aromatic nitrogens is 1. The predicted molar refractivity (Wildman–Crippen MR) is 98.0 cm³/mol. The number of carbonyl (C=O) groups excluding carboxylic acids is 3. The molecule has 26 heavy (non-hydrogen) atoms. The maximum atomic E-state index is 12.4. The van der Waals surface area contributed by atoms with Crippen molar-refractivity contribution in [2.75, 3.05) is 5.32 Å². The summed E-state index contributed by atoms with van der Waals surface area (Å²) in [5.74, 6) is -1.55. The molecule has 2 aromatic rings. The highest BCUT2D eigenvalue weighted by atomic mass is 16.5. The van der Waals surface area contributed by atoms with Gasteiger partial charge >= 0.3 is 5.97 Å². The van der Waals surface area contributed by atoms with Gasteiger partial charge in [-0.1, -0.05) is 0 Å². The molecule has 0 bridgehead atoms. The molecule has 1 aromatic heterocycles. The molecule has 0 saturated heterocycles. The summed E-state index contributed by atoms with van der Waals surface area (Å²) < 4.78 is 7.29. The monoisotopic (exact) mass is 357 g/mol. The van der Waals surface area contributed by atoms with Gasteiger partial charge in [0.15, 0.2) is 6.10 Å². The number of esters is 1. The van der Waals surface area contributed by atoms with Crippen molar-refractivity contribution < 1.29 is 19.1 Å². The SMILES string of the molecule is CCn1c(C)cc(C(=O)O[C@@H](C)C(=O)Nc2ccc(C(N)=O)cc2)c1C. The Bertz CT molecular complexity index is 837. The fourth-order valence-electron chi connectivity index (χ4n) is 2.73. The Kier molecular flexibility index (Phi) is 5.82. The number of ether oxygens (including phenoxy) is 1. The van der Waals surface area contributed by atoms with E-state index >= 15 is 0 Å². The van der Waals surface area contributed by atoms with Gasteiger partial charge in [-0.25, -0.2) is 4.79 Å². The van der Waals surface area contributed by atoms with Gasteiger partial charge in [0.2, 0.25) is 5.91 Å². The van der Waals surface area contributed by atoms with Crippen LogP contribution in [0.1, 0.15) is 46.0 Å². The first-order valence-corrected chi connectivity index (χ1v) is 8.33. The third-order valence-electron chi connectivity index (χ3n) is 4.20. The van der Waals surface area contributed by atoms with Crippen LogP contribution in [0.15, 0.2) is 30.3 Å². The number of nitrogens with one attached hydrogen (secondary N) is 1. The second-order valence-corrected chi connectivity index (χ2v) is 6.01. The lowest BCUT2D eigenvalue weighted by Gasteiger charge is -2.14. The number of benzene rings is 1. The first-order chi connectivity index (χ1) is 12.2. The number of nitrogens with two attached hydrogens (primary N) is 1. The number of primary amides is 1. The highest BCUT2D eigenvalue weighted by Gasteiger charge is 2.22. The Labute approximate surface area is 152 Å². The Hall–Kier alpha value is -3.09. The molecule has 0 aliphatic carbocycles. The van der Waals surface area contributed by atoms with E-state index in [4.69, 9.17) is 10.5 Å². The number of hydrogen-bond acceptors (Lipinski definition) is 4. The van der Waals surface area contributed by atoms with Crippen molar-refractivity contribution >= 4 is 23.5 Å². The highest BCUT2D eigenvalue weighted by Crippen LogP contribution is 2.17. The van der Waals surface area contributed by atoms with E-state index in [0.29, 0.717) is 16.8 Å². The van der Waals surface area contributed by atoms with E-state index in [9.17, 15) is 14.4 Å². The van der Waals surface area contributed by atoms with Gasteiger partial charge in [-0.3, -0.25) is 9.59 Å². The van der Waals surface area contributed by atoms with E-state index in [1.165, 1.54) is 19.1 Å². The number of amides is 2. The molecule has 1 atom stereocenters. The number of rotatable bonds is 6. The fourth-order valence-corrected chi connectivity index (χ4v) is 2.73. The summed E-state index contributed by atoms with van der Waals surface area (Å²) in [6, 6.07) is 7.89. The fraction of sp³-hybridized carbons (Fsp3) is 0.316. The van der Waals surface area contributed by atoms with Crippen LogP contribution in [0, 0.1) is 13.8 Å².